The summed E-state index contributed by atoms with van der Waals surface area (Å²) in [6, 6.07) is 0. The van der Waals surface area contributed by atoms with Gasteiger partial charge >= 0.3 is 5.69 Å². The van der Waals surface area contributed by atoms with Gasteiger partial charge in [0.25, 0.3) is 5.56 Å². The lowest BCUT2D eigenvalue weighted by Crippen LogP contribution is -2.34. The number of hydrogen-bond acceptors (Lipinski definition) is 7. The zero-order valence-electron chi connectivity index (χ0n) is 13.6. The number of aliphatic hydroxyl groups excluding tert-OH is 2. The van der Waals surface area contributed by atoms with E-state index in [1.807, 2.05) is 0 Å². The first-order valence-corrected chi connectivity index (χ1v) is 10.6. The van der Waals surface area contributed by atoms with Gasteiger partial charge in [0.1, 0.15) is 12.3 Å². The lowest BCUT2D eigenvalue weighted by molar-refractivity contribution is -0.0459. The predicted octanol–water partition coefficient (Wildman–Crippen LogP) is 0.901. The highest BCUT2D eigenvalue weighted by molar-refractivity contribution is 8.76. The Morgan fingerprint density at radius 2 is 2.12 bits per heavy atom. The van der Waals surface area contributed by atoms with Crippen LogP contribution >= 0.6 is 21.6 Å². The number of unbranched alkanes of at least 4 members (excludes halogenated alkanes) is 1. The molecule has 2 rings (SSSR count). The second kappa shape index (κ2) is 9.67. The van der Waals surface area contributed by atoms with Crippen molar-refractivity contribution < 1.29 is 14.9 Å². The summed E-state index contributed by atoms with van der Waals surface area (Å²) in [6.07, 6.45) is 2.41. The van der Waals surface area contributed by atoms with E-state index >= 15 is 0 Å². The van der Waals surface area contributed by atoms with Crippen molar-refractivity contribution in [2.24, 2.45) is 0 Å². The summed E-state index contributed by atoms with van der Waals surface area (Å²) in [5.41, 5.74) is -0.430. The Hall–Kier alpha value is -0.740. The molecule has 2 heterocycles. The van der Waals surface area contributed by atoms with Crippen LogP contribution in [0.4, 0.5) is 0 Å². The Bertz CT molecular complexity index is 633. The van der Waals surface area contributed by atoms with Crippen LogP contribution < -0.4 is 11.2 Å². The van der Waals surface area contributed by atoms with Crippen LogP contribution in [0.15, 0.2) is 15.8 Å². The average molecular weight is 377 g/mol. The van der Waals surface area contributed by atoms with Crippen LogP contribution in [0.3, 0.4) is 0 Å². The monoisotopic (exact) mass is 376 g/mol. The molecule has 9 heteroatoms. The molecule has 0 radical (unpaired) electrons. The Labute approximate surface area is 148 Å². The van der Waals surface area contributed by atoms with E-state index < -0.39 is 24.1 Å². The Morgan fingerprint density at radius 1 is 1.38 bits per heavy atom. The number of aliphatic hydroxyl groups is 2. The summed E-state index contributed by atoms with van der Waals surface area (Å²) in [4.78, 5) is 26.3. The topological polar surface area (TPSA) is 105 Å². The van der Waals surface area contributed by atoms with Crippen molar-refractivity contribution >= 4 is 21.6 Å². The molecule has 1 aliphatic rings. The molecule has 7 nitrogen and oxygen atoms in total. The SMILES string of the molecule is CCCCSSCCc1cn([C@H]2C[C@H](O)[C@@H](CO)O2)c(=O)[nH]c1=O. The van der Waals surface area contributed by atoms with E-state index in [0.29, 0.717) is 12.0 Å². The Balaban J connectivity index is 2.01. The van der Waals surface area contributed by atoms with Gasteiger partial charge in [-0.1, -0.05) is 34.9 Å². The van der Waals surface area contributed by atoms with E-state index in [9.17, 15) is 14.7 Å². The van der Waals surface area contributed by atoms with Crippen molar-refractivity contribution in [1.82, 2.24) is 9.55 Å². The third kappa shape index (κ3) is 5.13. The van der Waals surface area contributed by atoms with Gasteiger partial charge in [0.05, 0.1) is 12.7 Å². The van der Waals surface area contributed by atoms with Crippen molar-refractivity contribution in [2.45, 2.75) is 51.0 Å². The van der Waals surface area contributed by atoms with E-state index in [1.165, 1.54) is 23.6 Å². The maximum atomic E-state index is 12.0. The average Bonchev–Trinajstić information content (AvgIpc) is 2.93. The van der Waals surface area contributed by atoms with Crippen LogP contribution in [0, 0.1) is 0 Å². The number of ether oxygens (including phenoxy) is 1. The van der Waals surface area contributed by atoms with Gasteiger partial charge in [0, 0.05) is 29.7 Å². The number of nitrogens with one attached hydrogen (secondary N) is 1. The van der Waals surface area contributed by atoms with Crippen LogP contribution in [-0.2, 0) is 11.2 Å². The van der Waals surface area contributed by atoms with E-state index in [4.69, 9.17) is 9.84 Å². The fourth-order valence-electron chi connectivity index (χ4n) is 2.44. The number of aromatic nitrogens is 2. The molecule has 0 aliphatic carbocycles. The molecule has 3 atom stereocenters. The molecule has 1 saturated heterocycles. The highest BCUT2D eigenvalue weighted by Crippen LogP contribution is 2.27. The number of rotatable bonds is 9. The quantitative estimate of drug-likeness (QED) is 0.434. The summed E-state index contributed by atoms with van der Waals surface area (Å²) < 4.78 is 6.78. The van der Waals surface area contributed by atoms with Crippen molar-refractivity contribution in [2.75, 3.05) is 18.1 Å². The molecule has 0 aromatic carbocycles. The lowest BCUT2D eigenvalue weighted by Gasteiger charge is -2.15. The van der Waals surface area contributed by atoms with Gasteiger partial charge in [-0.25, -0.2) is 4.79 Å². The fourth-order valence-corrected chi connectivity index (χ4v) is 4.70. The van der Waals surface area contributed by atoms with Gasteiger partial charge in [0.15, 0.2) is 0 Å². The third-order valence-corrected chi connectivity index (χ3v) is 6.35. The van der Waals surface area contributed by atoms with Crippen LogP contribution in [0.25, 0.3) is 0 Å². The molecule has 1 aliphatic heterocycles. The number of H-pyrrole nitrogens is 1. The van der Waals surface area contributed by atoms with Crippen LogP contribution in [0.1, 0.15) is 38.0 Å². The predicted molar refractivity (Wildman–Crippen MR) is 96.5 cm³/mol. The summed E-state index contributed by atoms with van der Waals surface area (Å²) in [5, 5.41) is 18.9. The molecule has 24 heavy (non-hydrogen) atoms. The van der Waals surface area contributed by atoms with Gasteiger partial charge in [-0.05, 0) is 12.8 Å². The largest absolute Gasteiger partial charge is 0.394 e. The van der Waals surface area contributed by atoms with Gasteiger partial charge in [-0.3, -0.25) is 14.3 Å². The smallest absolute Gasteiger partial charge is 0.330 e. The Kier molecular flexibility index (Phi) is 7.89. The van der Waals surface area contributed by atoms with Crippen LogP contribution in [-0.4, -0.2) is 50.1 Å². The highest BCUT2D eigenvalue weighted by Gasteiger charge is 2.35. The first-order chi connectivity index (χ1) is 11.6. The summed E-state index contributed by atoms with van der Waals surface area (Å²) in [7, 11) is 3.51. The second-order valence-corrected chi connectivity index (χ2v) is 8.39. The second-order valence-electron chi connectivity index (χ2n) is 5.68. The van der Waals surface area contributed by atoms with Crippen molar-refractivity contribution in [3.05, 3.63) is 32.6 Å². The molecule has 1 fully saturated rings. The lowest BCUT2D eigenvalue weighted by atomic mass is 10.2. The zero-order chi connectivity index (χ0) is 17.5. The number of hydrogen-bond donors (Lipinski definition) is 3. The molecule has 0 spiro atoms. The van der Waals surface area contributed by atoms with Gasteiger partial charge < -0.3 is 14.9 Å². The van der Waals surface area contributed by atoms with E-state index in [1.54, 1.807) is 21.6 Å². The molecular weight excluding hydrogens is 352 g/mol. The molecule has 3 N–H and O–H groups in total. The minimum atomic E-state index is -0.826. The zero-order valence-corrected chi connectivity index (χ0v) is 15.3. The molecular formula is C15H24N2O5S2. The van der Waals surface area contributed by atoms with Crippen molar-refractivity contribution in [1.29, 1.82) is 0 Å². The number of aryl methyl sites for hydroxylation is 1. The standard InChI is InChI=1S/C15H24N2O5S2/c1-2-3-5-23-24-6-4-10-8-17(15(21)16-14(10)20)13-7-11(19)12(9-18)22-13/h8,11-13,18-19H,2-7,9H2,1H3,(H,16,20,21)/t11-,12+,13+/m0/s1. The van der Waals surface area contributed by atoms with Crippen molar-refractivity contribution in [3.8, 4) is 0 Å². The minimum absolute atomic E-state index is 0.207. The third-order valence-electron chi connectivity index (χ3n) is 3.86. The molecule has 1 aromatic rings. The number of aromatic amines is 1. The maximum Gasteiger partial charge on any atom is 0.330 e. The van der Waals surface area contributed by atoms with Gasteiger partial charge in [0.2, 0.25) is 0 Å². The molecule has 1 aromatic heterocycles. The van der Waals surface area contributed by atoms with Gasteiger partial charge in [-0.2, -0.15) is 0 Å². The summed E-state index contributed by atoms with van der Waals surface area (Å²) in [5.74, 6) is 1.87. The van der Waals surface area contributed by atoms with E-state index in [2.05, 4.69) is 11.9 Å². The molecule has 0 bridgehead atoms. The van der Waals surface area contributed by atoms with Gasteiger partial charge in [-0.15, -0.1) is 0 Å². The van der Waals surface area contributed by atoms with E-state index in [-0.39, 0.29) is 18.6 Å². The fraction of sp³-hybridized carbons (Fsp3) is 0.733. The first-order valence-electron chi connectivity index (χ1n) is 8.10. The number of nitrogens with zero attached hydrogens (tertiary/aromatic N) is 1. The Morgan fingerprint density at radius 3 is 2.79 bits per heavy atom. The summed E-state index contributed by atoms with van der Waals surface area (Å²) >= 11 is 0. The van der Waals surface area contributed by atoms with E-state index in [0.717, 1.165) is 11.5 Å². The molecule has 136 valence electrons. The van der Waals surface area contributed by atoms with Crippen LogP contribution in [0.5, 0.6) is 0 Å². The first kappa shape index (κ1) is 19.6. The molecule has 0 saturated carbocycles. The highest BCUT2D eigenvalue weighted by atomic mass is 33.1. The maximum absolute atomic E-state index is 12.0. The van der Waals surface area contributed by atoms with Crippen LogP contribution in [0.2, 0.25) is 0 Å². The minimum Gasteiger partial charge on any atom is -0.394 e. The normalized spacial score (nSPS) is 23.7. The summed E-state index contributed by atoms with van der Waals surface area (Å²) in [6.45, 7) is 1.84. The van der Waals surface area contributed by atoms with Crippen molar-refractivity contribution in [3.63, 3.8) is 0 Å². The molecule has 0 unspecified atom stereocenters. The molecule has 0 amide bonds.